The van der Waals surface area contributed by atoms with Crippen LogP contribution in [0.5, 0.6) is 0 Å². The normalized spacial score (nSPS) is 10.6. The molecule has 0 aromatic rings. The van der Waals surface area contributed by atoms with Crippen molar-refractivity contribution in [2.75, 3.05) is 41.8 Å². The van der Waals surface area contributed by atoms with Crippen LogP contribution in [0.1, 0.15) is 0 Å². The van der Waals surface area contributed by atoms with Crippen LogP contribution in [0.2, 0.25) is 0 Å². The van der Waals surface area contributed by atoms with E-state index in [0.717, 1.165) is 6.08 Å². The summed E-state index contributed by atoms with van der Waals surface area (Å²) in [6.07, 6.45) is 0.979. The predicted molar refractivity (Wildman–Crippen MR) is 59.8 cm³/mol. The first kappa shape index (κ1) is 15.9. The fourth-order valence-electron chi connectivity index (χ4n) is 0.925. The Balaban J connectivity index is 4.36. The summed E-state index contributed by atoms with van der Waals surface area (Å²) in [6.45, 7) is 0. The molecule has 0 unspecified atom stereocenters. The van der Waals surface area contributed by atoms with Gasteiger partial charge in [-0.15, -0.1) is 0 Å². The van der Waals surface area contributed by atoms with Crippen LogP contribution in [-0.4, -0.2) is 56.6 Å². The largest absolute Gasteiger partial charge is 0.539 e. The van der Waals surface area contributed by atoms with Gasteiger partial charge in [0.25, 0.3) is 5.95 Å². The van der Waals surface area contributed by atoms with Gasteiger partial charge in [0.2, 0.25) is 0 Å². The summed E-state index contributed by atoms with van der Waals surface area (Å²) in [7, 11) is 4.13. The molecule has 0 radical (unpaired) electrons. The molecule has 0 heterocycles. The molecule has 8 heteroatoms. The Kier molecular flexibility index (Phi) is 7.55. The molecule has 0 saturated carbocycles. The molecule has 100 valence electrons. The van der Waals surface area contributed by atoms with Crippen molar-refractivity contribution < 1.29 is 32.3 Å². The lowest BCUT2D eigenvalue weighted by Gasteiger charge is -2.23. The van der Waals surface area contributed by atoms with E-state index < -0.39 is 14.8 Å². The fraction of sp³-hybridized carbons (Fsp3) is 0.667. The number of ether oxygens (including phenoxy) is 3. The van der Waals surface area contributed by atoms with E-state index in [-0.39, 0.29) is 12.2 Å². The van der Waals surface area contributed by atoms with Gasteiger partial charge in [-0.25, -0.2) is 4.79 Å². The van der Waals surface area contributed by atoms with Gasteiger partial charge >= 0.3 is 14.8 Å². The minimum Gasteiger partial charge on any atom is -0.469 e. The molecule has 0 aliphatic rings. The van der Waals surface area contributed by atoms with Gasteiger partial charge in [0.15, 0.2) is 6.23 Å². The number of hydrogen-bond acceptors (Lipinski definition) is 7. The Morgan fingerprint density at radius 3 is 1.82 bits per heavy atom. The van der Waals surface area contributed by atoms with E-state index in [1.807, 2.05) is 0 Å². The Bertz CT molecular complexity index is 248. The highest BCUT2D eigenvalue weighted by Crippen LogP contribution is 2.07. The number of hydrogen-bond donors (Lipinski definition) is 0. The molecule has 0 aliphatic heterocycles. The predicted octanol–water partition coefficient (Wildman–Crippen LogP) is 0.0811. The lowest BCUT2D eigenvalue weighted by atomic mass is 10.6. The molecular formula is C9H18O7Si. The fourth-order valence-corrected chi connectivity index (χ4v) is 2.10. The van der Waals surface area contributed by atoms with E-state index in [2.05, 4.69) is 0 Å². The van der Waals surface area contributed by atoms with Gasteiger partial charge in [-0.05, 0) is 0 Å². The molecule has 0 bridgehead atoms. The van der Waals surface area contributed by atoms with Crippen molar-refractivity contribution in [3.8, 4) is 0 Å². The zero-order valence-corrected chi connectivity index (χ0v) is 11.6. The molecule has 0 spiro atoms. The van der Waals surface area contributed by atoms with E-state index >= 15 is 0 Å². The minimum atomic E-state index is -2.91. The quantitative estimate of drug-likeness (QED) is 0.266. The van der Waals surface area contributed by atoms with E-state index in [1.165, 1.54) is 35.5 Å². The van der Waals surface area contributed by atoms with Crippen molar-refractivity contribution in [2.45, 2.75) is 0 Å². The molecule has 0 saturated heterocycles. The van der Waals surface area contributed by atoms with Crippen LogP contribution in [0.4, 0.5) is 0 Å². The van der Waals surface area contributed by atoms with Gasteiger partial charge in [0.1, 0.15) is 6.08 Å². The molecule has 0 atom stereocenters. The Hall–Kier alpha value is -1.09. The highest BCUT2D eigenvalue weighted by molar-refractivity contribution is 6.60. The van der Waals surface area contributed by atoms with E-state index in [4.69, 9.17) is 27.5 Å². The van der Waals surface area contributed by atoms with Gasteiger partial charge in [0.05, 0.1) is 14.2 Å². The molecule has 0 aromatic carbocycles. The van der Waals surface area contributed by atoms with E-state index in [1.54, 1.807) is 0 Å². The Labute approximate surface area is 102 Å². The lowest BCUT2D eigenvalue weighted by molar-refractivity contribution is -0.138. The Morgan fingerprint density at radius 2 is 1.47 bits per heavy atom. The van der Waals surface area contributed by atoms with Crippen LogP contribution < -0.4 is 0 Å². The average Bonchev–Trinajstić information content (AvgIpc) is 2.38. The van der Waals surface area contributed by atoms with Crippen molar-refractivity contribution in [2.24, 2.45) is 0 Å². The molecule has 0 aromatic heterocycles. The molecular weight excluding hydrogens is 248 g/mol. The zero-order chi connectivity index (χ0) is 13.3. The molecule has 0 aliphatic carbocycles. The third kappa shape index (κ3) is 5.17. The average molecular weight is 266 g/mol. The molecule has 7 nitrogen and oxygen atoms in total. The highest BCUT2D eigenvalue weighted by Gasteiger charge is 2.40. The number of esters is 1. The molecule has 0 fully saturated rings. The van der Waals surface area contributed by atoms with Crippen molar-refractivity contribution >= 4 is 14.8 Å². The summed E-state index contributed by atoms with van der Waals surface area (Å²) in [5.41, 5.74) is 0. The standard InChI is InChI=1S/C9H18O7Si/c1-11-9(12-2)6-8(10)16-7-17(13-3,14-4)15-5/h6H,7H2,1-5H3. The zero-order valence-electron chi connectivity index (χ0n) is 10.6. The minimum absolute atomic E-state index is 0.0505. The van der Waals surface area contributed by atoms with E-state index in [0.29, 0.717) is 0 Å². The molecule has 0 N–H and O–H groups in total. The monoisotopic (exact) mass is 266 g/mol. The van der Waals surface area contributed by atoms with Crippen LogP contribution in [-0.2, 0) is 32.3 Å². The van der Waals surface area contributed by atoms with Gasteiger partial charge < -0.3 is 27.5 Å². The maximum Gasteiger partial charge on any atom is 0.539 e. The van der Waals surface area contributed by atoms with Crippen LogP contribution >= 0.6 is 0 Å². The maximum absolute atomic E-state index is 11.4. The van der Waals surface area contributed by atoms with Gasteiger partial charge in [0, 0.05) is 21.3 Å². The van der Waals surface area contributed by atoms with Crippen molar-refractivity contribution in [1.29, 1.82) is 0 Å². The van der Waals surface area contributed by atoms with Crippen molar-refractivity contribution in [1.82, 2.24) is 0 Å². The first-order valence-electron chi connectivity index (χ1n) is 4.69. The number of rotatable bonds is 8. The van der Waals surface area contributed by atoms with Gasteiger partial charge in [-0.1, -0.05) is 0 Å². The first-order chi connectivity index (χ1) is 8.07. The number of carbonyl (C=O) groups excluding carboxylic acids is 1. The summed E-state index contributed by atoms with van der Waals surface area (Å²) in [5.74, 6) is -0.582. The molecule has 17 heavy (non-hydrogen) atoms. The summed E-state index contributed by atoms with van der Waals surface area (Å²) in [4.78, 5) is 11.4. The summed E-state index contributed by atoms with van der Waals surface area (Å²) in [5, 5.41) is 0. The molecule has 0 amide bonds. The van der Waals surface area contributed by atoms with Gasteiger partial charge in [-0.3, -0.25) is 0 Å². The lowest BCUT2D eigenvalue weighted by Crippen LogP contribution is -2.48. The number of methoxy groups -OCH3 is 2. The second kappa shape index (κ2) is 8.07. The first-order valence-corrected chi connectivity index (χ1v) is 6.62. The third-order valence-corrected chi connectivity index (χ3v) is 4.33. The van der Waals surface area contributed by atoms with Crippen LogP contribution in [0.25, 0.3) is 0 Å². The summed E-state index contributed by atoms with van der Waals surface area (Å²) >= 11 is 0. The smallest absolute Gasteiger partial charge is 0.469 e. The van der Waals surface area contributed by atoms with Crippen molar-refractivity contribution in [3.63, 3.8) is 0 Å². The summed E-state index contributed by atoms with van der Waals surface area (Å²) in [6, 6.07) is 0. The second-order valence-electron chi connectivity index (χ2n) is 2.77. The van der Waals surface area contributed by atoms with Crippen LogP contribution in [0, 0.1) is 0 Å². The van der Waals surface area contributed by atoms with Crippen LogP contribution in [0.3, 0.4) is 0 Å². The topological polar surface area (TPSA) is 72.5 Å². The maximum atomic E-state index is 11.4. The van der Waals surface area contributed by atoms with Gasteiger partial charge in [-0.2, -0.15) is 0 Å². The second-order valence-corrected chi connectivity index (χ2v) is 5.65. The number of carbonyl (C=O) groups is 1. The van der Waals surface area contributed by atoms with E-state index in [9.17, 15) is 4.79 Å². The molecule has 0 rings (SSSR count). The van der Waals surface area contributed by atoms with Crippen molar-refractivity contribution in [3.05, 3.63) is 12.0 Å². The third-order valence-electron chi connectivity index (χ3n) is 1.96. The highest BCUT2D eigenvalue weighted by atomic mass is 28.4. The SMILES string of the molecule is COC(=CC(=O)OC[Si](OC)(OC)OC)OC. The Morgan fingerprint density at radius 1 is 1.00 bits per heavy atom. The summed E-state index contributed by atoms with van der Waals surface area (Å²) < 4.78 is 29.6. The van der Waals surface area contributed by atoms with Crippen LogP contribution in [0.15, 0.2) is 12.0 Å².